The second-order valence-corrected chi connectivity index (χ2v) is 3.52. The summed E-state index contributed by atoms with van der Waals surface area (Å²) in [5.74, 6) is 1.10. The summed E-state index contributed by atoms with van der Waals surface area (Å²) in [6.07, 6.45) is 0. The molecule has 2 bridgehead atoms. The summed E-state index contributed by atoms with van der Waals surface area (Å²) in [6.45, 7) is 0.792. The van der Waals surface area contributed by atoms with E-state index in [1.165, 1.54) is 0 Å². The van der Waals surface area contributed by atoms with Crippen molar-refractivity contribution in [3.63, 3.8) is 0 Å². The van der Waals surface area contributed by atoms with E-state index in [0.717, 1.165) is 12.3 Å². The van der Waals surface area contributed by atoms with Crippen LogP contribution in [0.25, 0.3) is 0 Å². The van der Waals surface area contributed by atoms with E-state index in [9.17, 15) is 4.79 Å². The van der Waals surface area contributed by atoms with Crippen LogP contribution in [0.15, 0.2) is 0 Å². The first-order valence-electron chi connectivity index (χ1n) is 3.01. The number of piperazine rings is 1. The Balaban J connectivity index is 2.14. The van der Waals surface area contributed by atoms with Crippen LogP contribution in [-0.4, -0.2) is 29.6 Å². The zero-order chi connectivity index (χ0) is 6.27. The molecule has 0 unspecified atom stereocenters. The fourth-order valence-corrected chi connectivity index (χ4v) is 2.25. The monoisotopic (exact) mass is 144 g/mol. The van der Waals surface area contributed by atoms with Crippen molar-refractivity contribution in [3.8, 4) is 0 Å². The summed E-state index contributed by atoms with van der Waals surface area (Å²) in [5, 5.41) is 6.49. The van der Waals surface area contributed by atoms with Crippen molar-refractivity contribution in [1.29, 1.82) is 0 Å². The van der Waals surface area contributed by atoms with Gasteiger partial charge in [-0.15, -0.1) is 11.8 Å². The Morgan fingerprint density at radius 1 is 1.67 bits per heavy atom. The molecule has 2 aliphatic heterocycles. The third-order valence-electron chi connectivity index (χ3n) is 1.63. The van der Waals surface area contributed by atoms with Crippen LogP contribution in [0.5, 0.6) is 0 Å². The Bertz CT molecular complexity index is 150. The maximum Gasteiger partial charge on any atom is 0.238 e. The van der Waals surface area contributed by atoms with Gasteiger partial charge in [0.1, 0.15) is 0 Å². The Kier molecular flexibility index (Phi) is 1.16. The smallest absolute Gasteiger partial charge is 0.238 e. The minimum atomic E-state index is 0.0914. The number of fused-ring (bicyclic) bond motifs is 2. The van der Waals surface area contributed by atoms with Gasteiger partial charge >= 0.3 is 0 Å². The fraction of sp³-hybridized carbons (Fsp3) is 0.800. The molecule has 2 saturated heterocycles. The minimum absolute atomic E-state index is 0.0914. The first kappa shape index (κ1) is 5.56. The van der Waals surface area contributed by atoms with Crippen LogP contribution in [0.4, 0.5) is 0 Å². The number of amides is 1. The standard InChI is InChI=1S/C5H8N2OS/c8-5-3-2-9-4(7-3)1-6-5/h3-4,7H,1-2H2,(H,6,8)/t3-,4+/m1/s1. The van der Waals surface area contributed by atoms with Crippen molar-refractivity contribution >= 4 is 17.7 Å². The molecule has 9 heavy (non-hydrogen) atoms. The average Bonchev–Trinajstić information content (AvgIpc) is 2.25. The van der Waals surface area contributed by atoms with Crippen LogP contribution in [0, 0.1) is 0 Å². The van der Waals surface area contributed by atoms with Crippen LogP contribution in [0.2, 0.25) is 0 Å². The van der Waals surface area contributed by atoms with E-state index in [0.29, 0.717) is 5.37 Å². The molecule has 2 atom stereocenters. The topological polar surface area (TPSA) is 41.1 Å². The third-order valence-corrected chi connectivity index (χ3v) is 2.86. The maximum atomic E-state index is 10.9. The number of carbonyl (C=O) groups excluding carboxylic acids is 1. The van der Waals surface area contributed by atoms with Crippen molar-refractivity contribution in [2.24, 2.45) is 0 Å². The summed E-state index contributed by atoms with van der Waals surface area (Å²) in [6, 6.07) is 0.0914. The van der Waals surface area contributed by atoms with Gasteiger partial charge in [0.2, 0.25) is 5.91 Å². The lowest BCUT2D eigenvalue weighted by atomic mass is 10.2. The van der Waals surface area contributed by atoms with E-state index in [-0.39, 0.29) is 11.9 Å². The Morgan fingerprint density at radius 3 is 3.33 bits per heavy atom. The van der Waals surface area contributed by atoms with E-state index >= 15 is 0 Å². The highest BCUT2D eigenvalue weighted by Crippen LogP contribution is 2.20. The molecule has 0 radical (unpaired) electrons. The number of hydrogen-bond acceptors (Lipinski definition) is 3. The van der Waals surface area contributed by atoms with Gasteiger partial charge in [0.25, 0.3) is 0 Å². The molecule has 0 aromatic heterocycles. The van der Waals surface area contributed by atoms with Gasteiger partial charge < -0.3 is 5.32 Å². The van der Waals surface area contributed by atoms with Crippen LogP contribution in [0.1, 0.15) is 0 Å². The molecular weight excluding hydrogens is 136 g/mol. The molecule has 2 rings (SSSR count). The molecule has 0 aromatic carbocycles. The first-order chi connectivity index (χ1) is 4.36. The van der Waals surface area contributed by atoms with Gasteiger partial charge in [-0.25, -0.2) is 0 Å². The van der Waals surface area contributed by atoms with Crippen molar-refractivity contribution in [2.75, 3.05) is 12.3 Å². The zero-order valence-corrected chi connectivity index (χ0v) is 5.70. The molecular formula is C5H8N2OS. The normalized spacial score (nSPS) is 40.7. The molecule has 2 heterocycles. The van der Waals surface area contributed by atoms with Crippen LogP contribution >= 0.6 is 11.8 Å². The minimum Gasteiger partial charge on any atom is -0.352 e. The average molecular weight is 144 g/mol. The molecule has 0 aliphatic carbocycles. The highest BCUT2D eigenvalue weighted by atomic mass is 32.2. The Morgan fingerprint density at radius 2 is 2.56 bits per heavy atom. The van der Waals surface area contributed by atoms with Crippen molar-refractivity contribution < 1.29 is 4.79 Å². The fourth-order valence-electron chi connectivity index (χ4n) is 1.12. The number of nitrogens with one attached hydrogen (secondary N) is 2. The lowest BCUT2D eigenvalue weighted by Crippen LogP contribution is -2.53. The number of hydrogen-bond donors (Lipinski definition) is 2. The van der Waals surface area contributed by atoms with E-state index < -0.39 is 0 Å². The van der Waals surface area contributed by atoms with E-state index in [4.69, 9.17) is 0 Å². The van der Waals surface area contributed by atoms with Gasteiger partial charge in [0, 0.05) is 12.3 Å². The third kappa shape index (κ3) is 0.822. The predicted octanol–water partition coefficient (Wildman–Crippen LogP) is -0.853. The molecule has 50 valence electrons. The summed E-state index contributed by atoms with van der Waals surface area (Å²) >= 11 is 1.82. The quantitative estimate of drug-likeness (QED) is 0.465. The molecule has 4 heteroatoms. The molecule has 2 aliphatic rings. The Labute approximate surface area is 57.6 Å². The van der Waals surface area contributed by atoms with Gasteiger partial charge in [0.15, 0.2) is 0 Å². The molecule has 0 saturated carbocycles. The predicted molar refractivity (Wildman–Crippen MR) is 36.2 cm³/mol. The maximum absolute atomic E-state index is 10.9. The molecule has 0 spiro atoms. The molecule has 0 aromatic rings. The molecule has 2 N–H and O–H groups in total. The van der Waals surface area contributed by atoms with Gasteiger partial charge in [-0.2, -0.15) is 0 Å². The lowest BCUT2D eigenvalue weighted by Gasteiger charge is -2.19. The molecule has 3 nitrogen and oxygen atoms in total. The first-order valence-corrected chi connectivity index (χ1v) is 4.06. The van der Waals surface area contributed by atoms with E-state index in [1.54, 1.807) is 0 Å². The summed E-state index contributed by atoms with van der Waals surface area (Å²) in [7, 11) is 0. The number of rotatable bonds is 0. The highest BCUT2D eigenvalue weighted by Gasteiger charge is 2.33. The second-order valence-electron chi connectivity index (χ2n) is 2.29. The second kappa shape index (κ2) is 1.88. The lowest BCUT2D eigenvalue weighted by molar-refractivity contribution is -0.123. The summed E-state index contributed by atoms with van der Waals surface area (Å²) < 4.78 is 0. The van der Waals surface area contributed by atoms with Crippen LogP contribution < -0.4 is 10.6 Å². The number of carbonyl (C=O) groups is 1. The Hall–Kier alpha value is -0.220. The zero-order valence-electron chi connectivity index (χ0n) is 4.89. The summed E-state index contributed by atoms with van der Waals surface area (Å²) in [4.78, 5) is 10.9. The van der Waals surface area contributed by atoms with Crippen LogP contribution in [-0.2, 0) is 4.79 Å². The molecule has 2 fully saturated rings. The largest absolute Gasteiger partial charge is 0.352 e. The van der Waals surface area contributed by atoms with Gasteiger partial charge in [-0.3, -0.25) is 10.1 Å². The van der Waals surface area contributed by atoms with Crippen molar-refractivity contribution in [2.45, 2.75) is 11.4 Å². The molecule has 1 amide bonds. The highest BCUT2D eigenvalue weighted by molar-refractivity contribution is 8.00. The van der Waals surface area contributed by atoms with Gasteiger partial charge in [0.05, 0.1) is 11.4 Å². The van der Waals surface area contributed by atoms with Crippen molar-refractivity contribution in [1.82, 2.24) is 10.6 Å². The van der Waals surface area contributed by atoms with Gasteiger partial charge in [-0.05, 0) is 0 Å². The summed E-state index contributed by atoms with van der Waals surface area (Å²) in [5.41, 5.74) is 0. The SMILES string of the molecule is O=C1NC[C@H]2N[C@@H]1CS2. The van der Waals surface area contributed by atoms with E-state index in [2.05, 4.69) is 10.6 Å². The van der Waals surface area contributed by atoms with Crippen LogP contribution in [0.3, 0.4) is 0 Å². The van der Waals surface area contributed by atoms with E-state index in [1.807, 2.05) is 11.8 Å². The van der Waals surface area contributed by atoms with Crippen molar-refractivity contribution in [3.05, 3.63) is 0 Å². The number of thioether (sulfide) groups is 1. The van der Waals surface area contributed by atoms with Gasteiger partial charge in [-0.1, -0.05) is 0 Å².